The number of furan rings is 1. The smallest absolute Gasteiger partial charge is 0.459 e. The summed E-state index contributed by atoms with van der Waals surface area (Å²) in [6.07, 6.45) is -2.88. The predicted molar refractivity (Wildman–Crippen MR) is 111 cm³/mol. The molecule has 2 amide bonds. The number of hydrogen-bond acceptors (Lipinski definition) is 4. The predicted octanol–water partition coefficient (Wildman–Crippen LogP) is 4.69. The van der Waals surface area contributed by atoms with Gasteiger partial charge in [-0.05, 0) is 62.8 Å². The Morgan fingerprint density at radius 2 is 1.72 bits per heavy atom. The van der Waals surface area contributed by atoms with E-state index in [0.29, 0.717) is 42.0 Å². The van der Waals surface area contributed by atoms with Crippen LogP contribution in [0.15, 0.2) is 28.7 Å². The first-order valence-corrected chi connectivity index (χ1v) is 11.0. The highest BCUT2D eigenvalue weighted by Gasteiger charge is 2.41. The van der Waals surface area contributed by atoms with E-state index in [1.54, 1.807) is 18.2 Å². The standard InChI is InChI=1S/C22H24ClF3N2O4/c23-15-5-6-19-14(7-15)8-18(31-19)11-27-20(29)12-1-3-13(4-2-12)21(30)28-16-9-17(10-16)32-22(24,25)26/h5-8,12-13,16-17H,1-4,9-11H2,(H,27,29)(H,28,30). The molecule has 2 N–H and O–H groups in total. The van der Waals surface area contributed by atoms with Gasteiger partial charge in [0.15, 0.2) is 0 Å². The minimum absolute atomic E-state index is 0.0755. The van der Waals surface area contributed by atoms with Gasteiger partial charge in [-0.15, -0.1) is 13.2 Å². The summed E-state index contributed by atoms with van der Waals surface area (Å²) in [6, 6.07) is 6.87. The van der Waals surface area contributed by atoms with Crippen molar-refractivity contribution in [2.45, 2.75) is 63.6 Å². The highest BCUT2D eigenvalue weighted by atomic mass is 35.5. The number of carbonyl (C=O) groups is 2. The number of hydrogen-bond donors (Lipinski definition) is 2. The SMILES string of the molecule is O=C(NCc1cc2cc(Cl)ccc2o1)C1CCC(C(=O)NC2CC(OC(F)(F)F)C2)CC1. The molecule has 0 saturated heterocycles. The number of benzene rings is 1. The van der Waals surface area contributed by atoms with Gasteiger partial charge in [-0.1, -0.05) is 11.6 Å². The number of amides is 2. The summed E-state index contributed by atoms with van der Waals surface area (Å²) >= 11 is 5.97. The quantitative estimate of drug-likeness (QED) is 0.639. The summed E-state index contributed by atoms with van der Waals surface area (Å²) < 4.78 is 46.2. The molecule has 6 nitrogen and oxygen atoms in total. The first-order valence-electron chi connectivity index (χ1n) is 10.7. The lowest BCUT2D eigenvalue weighted by atomic mass is 9.80. The summed E-state index contributed by atoms with van der Waals surface area (Å²) in [6.45, 7) is 0.272. The van der Waals surface area contributed by atoms with Crippen LogP contribution in [-0.4, -0.2) is 30.3 Å². The molecule has 0 spiro atoms. The lowest BCUT2D eigenvalue weighted by Crippen LogP contribution is -2.51. The molecule has 0 bridgehead atoms. The van der Waals surface area contributed by atoms with Crippen LogP contribution in [0.5, 0.6) is 0 Å². The molecule has 2 aromatic rings. The molecule has 4 rings (SSSR count). The van der Waals surface area contributed by atoms with Crippen LogP contribution in [0.25, 0.3) is 11.0 Å². The van der Waals surface area contributed by atoms with Crippen molar-refractivity contribution < 1.29 is 31.9 Å². The zero-order chi connectivity index (χ0) is 22.9. The molecule has 174 valence electrons. The summed E-state index contributed by atoms with van der Waals surface area (Å²) in [5.41, 5.74) is 0.702. The van der Waals surface area contributed by atoms with E-state index in [0.717, 1.165) is 5.39 Å². The molecule has 10 heteroatoms. The molecule has 1 aromatic carbocycles. The Morgan fingerprint density at radius 3 is 2.38 bits per heavy atom. The average Bonchev–Trinajstić information content (AvgIpc) is 3.11. The van der Waals surface area contributed by atoms with Crippen molar-refractivity contribution in [1.82, 2.24) is 10.6 Å². The summed E-state index contributed by atoms with van der Waals surface area (Å²) in [4.78, 5) is 24.9. The minimum Gasteiger partial charge on any atom is -0.459 e. The van der Waals surface area contributed by atoms with Crippen LogP contribution in [0.1, 0.15) is 44.3 Å². The van der Waals surface area contributed by atoms with Gasteiger partial charge in [0.2, 0.25) is 11.8 Å². The van der Waals surface area contributed by atoms with Crippen molar-refractivity contribution in [2.75, 3.05) is 0 Å². The number of fused-ring (bicyclic) bond motifs is 1. The fraction of sp³-hybridized carbons (Fsp3) is 0.545. The van der Waals surface area contributed by atoms with Gasteiger partial charge in [-0.3, -0.25) is 14.3 Å². The summed E-state index contributed by atoms with van der Waals surface area (Å²) in [5.74, 6) is 0.0126. The number of alkyl halides is 3. The molecule has 0 aliphatic heterocycles. The third-order valence-electron chi connectivity index (χ3n) is 6.18. The van der Waals surface area contributed by atoms with Crippen LogP contribution in [0.3, 0.4) is 0 Å². The summed E-state index contributed by atoms with van der Waals surface area (Å²) in [7, 11) is 0. The van der Waals surface area contributed by atoms with Crippen molar-refractivity contribution in [3.8, 4) is 0 Å². The van der Waals surface area contributed by atoms with E-state index in [2.05, 4.69) is 15.4 Å². The largest absolute Gasteiger partial charge is 0.522 e. The number of ether oxygens (including phenoxy) is 1. The Labute approximate surface area is 187 Å². The Balaban J connectivity index is 1.17. The van der Waals surface area contributed by atoms with Crippen molar-refractivity contribution >= 4 is 34.4 Å². The maximum atomic E-state index is 12.5. The molecule has 2 fully saturated rings. The first-order chi connectivity index (χ1) is 15.2. The van der Waals surface area contributed by atoms with Crippen molar-refractivity contribution in [3.05, 3.63) is 35.0 Å². The van der Waals surface area contributed by atoms with E-state index >= 15 is 0 Å². The molecule has 2 aliphatic carbocycles. The zero-order valence-corrected chi connectivity index (χ0v) is 18.0. The first kappa shape index (κ1) is 22.9. The van der Waals surface area contributed by atoms with Gasteiger partial charge in [-0.2, -0.15) is 0 Å². The molecular formula is C22H24ClF3N2O4. The monoisotopic (exact) mass is 472 g/mol. The van der Waals surface area contributed by atoms with E-state index in [1.807, 2.05) is 6.07 Å². The Bertz CT molecular complexity index is 979. The Morgan fingerprint density at radius 1 is 1.06 bits per heavy atom. The van der Waals surface area contributed by atoms with Crippen molar-refractivity contribution in [2.24, 2.45) is 11.8 Å². The third kappa shape index (κ3) is 5.75. The number of halogens is 4. The molecule has 1 heterocycles. The molecule has 1 aromatic heterocycles. The van der Waals surface area contributed by atoms with Crippen LogP contribution >= 0.6 is 11.6 Å². The van der Waals surface area contributed by atoms with E-state index < -0.39 is 12.5 Å². The van der Waals surface area contributed by atoms with E-state index in [4.69, 9.17) is 16.0 Å². The fourth-order valence-electron chi connectivity index (χ4n) is 4.38. The molecule has 2 saturated carbocycles. The van der Waals surface area contributed by atoms with Crippen LogP contribution in [0, 0.1) is 11.8 Å². The van der Waals surface area contributed by atoms with Gasteiger partial charge in [0.1, 0.15) is 11.3 Å². The van der Waals surface area contributed by atoms with Gasteiger partial charge in [0, 0.05) is 28.3 Å². The van der Waals surface area contributed by atoms with Gasteiger partial charge in [-0.25, -0.2) is 0 Å². The van der Waals surface area contributed by atoms with E-state index in [-0.39, 0.29) is 49.1 Å². The van der Waals surface area contributed by atoms with Crippen LogP contribution in [-0.2, 0) is 20.9 Å². The van der Waals surface area contributed by atoms with Crippen molar-refractivity contribution in [1.29, 1.82) is 0 Å². The minimum atomic E-state index is -4.64. The molecular weight excluding hydrogens is 449 g/mol. The van der Waals surface area contributed by atoms with Gasteiger partial charge in [0.05, 0.1) is 12.6 Å². The summed E-state index contributed by atoms with van der Waals surface area (Å²) in [5, 5.41) is 7.17. The number of carbonyl (C=O) groups excluding carboxylic acids is 2. The third-order valence-corrected chi connectivity index (χ3v) is 6.41. The molecule has 0 atom stereocenters. The Hall–Kier alpha value is -2.26. The fourth-order valence-corrected chi connectivity index (χ4v) is 4.56. The maximum absolute atomic E-state index is 12.5. The number of rotatable bonds is 6. The average molecular weight is 473 g/mol. The lowest BCUT2D eigenvalue weighted by Gasteiger charge is -2.37. The van der Waals surface area contributed by atoms with E-state index in [1.165, 1.54) is 0 Å². The van der Waals surface area contributed by atoms with Crippen molar-refractivity contribution in [3.63, 3.8) is 0 Å². The van der Waals surface area contributed by atoms with Crippen LogP contribution < -0.4 is 10.6 Å². The van der Waals surface area contributed by atoms with Gasteiger partial charge in [0.25, 0.3) is 0 Å². The zero-order valence-electron chi connectivity index (χ0n) is 17.2. The second kappa shape index (κ2) is 9.31. The van der Waals surface area contributed by atoms with Crippen LogP contribution in [0.2, 0.25) is 5.02 Å². The molecule has 0 unspecified atom stereocenters. The number of nitrogens with one attached hydrogen (secondary N) is 2. The molecule has 0 radical (unpaired) electrons. The topological polar surface area (TPSA) is 80.6 Å². The lowest BCUT2D eigenvalue weighted by molar-refractivity contribution is -0.351. The Kier molecular flexibility index (Phi) is 6.67. The molecule has 32 heavy (non-hydrogen) atoms. The van der Waals surface area contributed by atoms with E-state index in [9.17, 15) is 22.8 Å². The van der Waals surface area contributed by atoms with Gasteiger partial charge < -0.3 is 15.1 Å². The molecule has 2 aliphatic rings. The normalized spacial score (nSPS) is 25.9. The highest BCUT2D eigenvalue weighted by Crippen LogP contribution is 2.33. The van der Waals surface area contributed by atoms with Gasteiger partial charge >= 0.3 is 6.36 Å². The van der Waals surface area contributed by atoms with Crippen LogP contribution in [0.4, 0.5) is 13.2 Å². The second-order valence-electron chi connectivity index (χ2n) is 8.52. The highest BCUT2D eigenvalue weighted by molar-refractivity contribution is 6.31. The second-order valence-corrected chi connectivity index (χ2v) is 8.96. The maximum Gasteiger partial charge on any atom is 0.522 e.